The second-order valence-corrected chi connectivity index (χ2v) is 9.26. The van der Waals surface area contributed by atoms with E-state index in [1.165, 1.54) is 0 Å². The van der Waals surface area contributed by atoms with Crippen LogP contribution in [0.5, 0.6) is 5.75 Å². The van der Waals surface area contributed by atoms with Crippen molar-refractivity contribution < 1.29 is 9.53 Å². The molecule has 2 saturated heterocycles. The summed E-state index contributed by atoms with van der Waals surface area (Å²) in [7, 11) is 2.19. The van der Waals surface area contributed by atoms with Crippen molar-refractivity contribution in [2.24, 2.45) is 0 Å². The van der Waals surface area contributed by atoms with Gasteiger partial charge in [-0.15, -0.1) is 0 Å². The zero-order valence-electron chi connectivity index (χ0n) is 18.3. The van der Waals surface area contributed by atoms with Crippen molar-refractivity contribution in [3.05, 3.63) is 29.3 Å². The molecule has 0 unspecified atom stereocenters. The number of carbonyl (C=O) groups is 1. The highest BCUT2D eigenvalue weighted by Crippen LogP contribution is 2.33. The van der Waals surface area contributed by atoms with Crippen LogP contribution in [0.25, 0.3) is 0 Å². The highest BCUT2D eigenvalue weighted by atomic mass is 16.5. The monoisotopic (exact) mass is 387 g/mol. The zero-order valence-corrected chi connectivity index (χ0v) is 18.3. The van der Waals surface area contributed by atoms with Crippen LogP contribution in [0.4, 0.5) is 0 Å². The molecule has 5 nitrogen and oxygen atoms in total. The normalized spacial score (nSPS) is 20.4. The van der Waals surface area contributed by atoms with Crippen LogP contribution in [0.3, 0.4) is 0 Å². The Hall–Kier alpha value is -1.59. The van der Waals surface area contributed by atoms with Gasteiger partial charge in [0.25, 0.3) is 5.91 Å². The van der Waals surface area contributed by atoms with Gasteiger partial charge in [-0.2, -0.15) is 0 Å². The number of hydrogen-bond donors (Lipinski definition) is 0. The largest absolute Gasteiger partial charge is 0.494 e. The lowest BCUT2D eigenvalue weighted by Gasteiger charge is -2.42. The molecule has 0 radical (unpaired) electrons. The van der Waals surface area contributed by atoms with E-state index in [-0.39, 0.29) is 11.3 Å². The molecule has 0 N–H and O–H groups in total. The molecule has 0 saturated carbocycles. The summed E-state index contributed by atoms with van der Waals surface area (Å²) < 4.78 is 5.87. The van der Waals surface area contributed by atoms with Gasteiger partial charge in [-0.1, -0.05) is 26.8 Å². The summed E-state index contributed by atoms with van der Waals surface area (Å²) in [6, 6.07) is 6.60. The molecular formula is C23H37N3O2. The van der Waals surface area contributed by atoms with Crippen molar-refractivity contribution in [3.8, 4) is 5.75 Å². The molecule has 1 aromatic rings. The van der Waals surface area contributed by atoms with E-state index in [1.807, 2.05) is 24.0 Å². The van der Waals surface area contributed by atoms with Crippen LogP contribution in [0.2, 0.25) is 0 Å². The van der Waals surface area contributed by atoms with Gasteiger partial charge in [-0.3, -0.25) is 9.69 Å². The Morgan fingerprint density at radius 1 is 1.07 bits per heavy atom. The van der Waals surface area contributed by atoms with Gasteiger partial charge in [0.05, 0.1) is 6.61 Å². The predicted octanol–water partition coefficient (Wildman–Crippen LogP) is 3.23. The van der Waals surface area contributed by atoms with Crippen molar-refractivity contribution >= 4 is 5.91 Å². The average Bonchev–Trinajstić information content (AvgIpc) is 2.67. The number of likely N-dealkylation sites (N-methyl/N-ethyl adjacent to an activating group) is 1. The van der Waals surface area contributed by atoms with Gasteiger partial charge in [0, 0.05) is 50.9 Å². The Bertz CT molecular complexity index is 667. The average molecular weight is 388 g/mol. The maximum absolute atomic E-state index is 13.1. The van der Waals surface area contributed by atoms with Gasteiger partial charge < -0.3 is 14.5 Å². The van der Waals surface area contributed by atoms with Crippen LogP contribution in [0.1, 0.15) is 56.5 Å². The third-order valence-corrected chi connectivity index (χ3v) is 6.14. The molecule has 2 fully saturated rings. The van der Waals surface area contributed by atoms with Crippen LogP contribution >= 0.6 is 0 Å². The molecule has 0 bridgehead atoms. The Kier molecular flexibility index (Phi) is 6.66. The van der Waals surface area contributed by atoms with Gasteiger partial charge in [0.1, 0.15) is 5.75 Å². The molecule has 156 valence electrons. The van der Waals surface area contributed by atoms with Crippen LogP contribution in [-0.4, -0.2) is 79.6 Å². The fraction of sp³-hybridized carbons (Fsp3) is 0.696. The third kappa shape index (κ3) is 4.87. The summed E-state index contributed by atoms with van der Waals surface area (Å²) in [5.41, 5.74) is 1.89. The number of likely N-dealkylation sites (tertiary alicyclic amines) is 1. The number of piperidine rings is 1. The number of nitrogens with zero attached hydrogens (tertiary/aromatic N) is 3. The lowest BCUT2D eigenvalue weighted by atomic mass is 9.85. The van der Waals surface area contributed by atoms with Gasteiger partial charge in [-0.25, -0.2) is 0 Å². The van der Waals surface area contributed by atoms with E-state index in [2.05, 4.69) is 43.7 Å². The summed E-state index contributed by atoms with van der Waals surface area (Å²) in [5.74, 6) is 0.978. The summed E-state index contributed by atoms with van der Waals surface area (Å²) in [5, 5.41) is 0. The van der Waals surface area contributed by atoms with E-state index in [9.17, 15) is 4.79 Å². The molecule has 2 heterocycles. The topological polar surface area (TPSA) is 36.0 Å². The molecule has 5 heteroatoms. The highest BCUT2D eigenvalue weighted by molar-refractivity contribution is 5.94. The van der Waals surface area contributed by atoms with Crippen molar-refractivity contribution in [3.63, 3.8) is 0 Å². The summed E-state index contributed by atoms with van der Waals surface area (Å²) >= 11 is 0. The van der Waals surface area contributed by atoms with Gasteiger partial charge in [0.15, 0.2) is 0 Å². The molecule has 2 aliphatic rings. The first-order chi connectivity index (χ1) is 13.3. The van der Waals surface area contributed by atoms with E-state index in [1.54, 1.807) is 0 Å². The molecule has 28 heavy (non-hydrogen) atoms. The van der Waals surface area contributed by atoms with Gasteiger partial charge >= 0.3 is 0 Å². The van der Waals surface area contributed by atoms with E-state index < -0.39 is 0 Å². The summed E-state index contributed by atoms with van der Waals surface area (Å²) in [6.45, 7) is 15.4. The van der Waals surface area contributed by atoms with Crippen LogP contribution in [0.15, 0.2) is 18.2 Å². The summed E-state index contributed by atoms with van der Waals surface area (Å²) in [6.07, 6.45) is 2.15. The smallest absolute Gasteiger partial charge is 0.253 e. The predicted molar refractivity (Wildman–Crippen MR) is 114 cm³/mol. The number of amides is 1. The molecule has 0 aliphatic carbocycles. The fourth-order valence-electron chi connectivity index (χ4n) is 4.35. The number of piperazine rings is 1. The van der Waals surface area contributed by atoms with E-state index in [0.29, 0.717) is 12.6 Å². The summed E-state index contributed by atoms with van der Waals surface area (Å²) in [4.78, 5) is 20.1. The van der Waals surface area contributed by atoms with Crippen molar-refractivity contribution in [2.75, 3.05) is 52.9 Å². The molecule has 0 atom stereocenters. The third-order valence-electron chi connectivity index (χ3n) is 6.14. The molecular weight excluding hydrogens is 350 g/mol. The van der Waals surface area contributed by atoms with E-state index >= 15 is 0 Å². The number of rotatable bonds is 4. The lowest BCUT2D eigenvalue weighted by Crippen LogP contribution is -2.52. The molecule has 0 aromatic heterocycles. The first-order valence-electron chi connectivity index (χ1n) is 10.8. The van der Waals surface area contributed by atoms with Crippen LogP contribution in [0, 0.1) is 0 Å². The molecule has 1 aromatic carbocycles. The molecule has 1 amide bonds. The van der Waals surface area contributed by atoms with Crippen LogP contribution < -0.4 is 4.74 Å². The molecule has 2 aliphatic heterocycles. The van der Waals surface area contributed by atoms with E-state index in [0.717, 1.165) is 69.0 Å². The minimum absolute atomic E-state index is 0.00701. The first kappa shape index (κ1) is 21.1. The standard InChI is InChI=1S/C23H37N3O2/c1-6-28-21-17-18(7-8-20(21)23(2,3)4)22(27)26-11-9-19(10-12-26)25-15-13-24(5)14-16-25/h7-8,17,19H,6,9-16H2,1-5H3. The van der Waals surface area contributed by atoms with Gasteiger partial charge in [-0.05, 0) is 49.9 Å². The van der Waals surface area contributed by atoms with E-state index in [4.69, 9.17) is 4.74 Å². The SMILES string of the molecule is CCOc1cc(C(=O)N2CCC(N3CCN(C)CC3)CC2)ccc1C(C)(C)C. The Morgan fingerprint density at radius 3 is 2.29 bits per heavy atom. The van der Waals surface area contributed by atoms with Crippen LogP contribution in [-0.2, 0) is 5.41 Å². The Balaban J connectivity index is 1.64. The van der Waals surface area contributed by atoms with Crippen molar-refractivity contribution in [1.82, 2.24) is 14.7 Å². The lowest BCUT2D eigenvalue weighted by molar-refractivity contribution is 0.0518. The maximum atomic E-state index is 13.1. The zero-order chi connectivity index (χ0) is 20.3. The highest BCUT2D eigenvalue weighted by Gasteiger charge is 2.29. The number of hydrogen-bond acceptors (Lipinski definition) is 4. The van der Waals surface area contributed by atoms with Crippen molar-refractivity contribution in [2.45, 2.75) is 52.0 Å². The number of ether oxygens (including phenoxy) is 1. The number of benzene rings is 1. The quantitative estimate of drug-likeness (QED) is 0.795. The maximum Gasteiger partial charge on any atom is 0.253 e. The Morgan fingerprint density at radius 2 is 1.71 bits per heavy atom. The molecule has 3 rings (SSSR count). The second kappa shape index (κ2) is 8.83. The minimum Gasteiger partial charge on any atom is -0.494 e. The molecule has 0 spiro atoms. The minimum atomic E-state index is -0.00701. The fourth-order valence-corrected chi connectivity index (χ4v) is 4.35. The Labute approximate surface area is 170 Å². The van der Waals surface area contributed by atoms with Crippen molar-refractivity contribution in [1.29, 1.82) is 0 Å². The first-order valence-corrected chi connectivity index (χ1v) is 10.8. The second-order valence-electron chi connectivity index (χ2n) is 9.26. The number of carbonyl (C=O) groups excluding carboxylic acids is 1. The van der Waals surface area contributed by atoms with Gasteiger partial charge in [0.2, 0.25) is 0 Å².